The number of nitrogens with zero attached hydrogens (tertiary/aromatic N) is 1. The second-order valence-electron chi connectivity index (χ2n) is 9.95. The summed E-state index contributed by atoms with van der Waals surface area (Å²) in [4.78, 5) is 40.5. The molecule has 190 valence electrons. The average Bonchev–Trinajstić information content (AvgIpc) is 3.22. The molecule has 8 nitrogen and oxygen atoms in total. The van der Waals surface area contributed by atoms with Crippen LogP contribution in [0.3, 0.4) is 0 Å². The van der Waals surface area contributed by atoms with Crippen molar-refractivity contribution in [3.63, 3.8) is 0 Å². The summed E-state index contributed by atoms with van der Waals surface area (Å²) in [6, 6.07) is 6.47. The first-order valence-electron chi connectivity index (χ1n) is 11.7. The third-order valence-electron chi connectivity index (χ3n) is 6.25. The van der Waals surface area contributed by atoms with Crippen molar-refractivity contribution in [3.8, 4) is 5.75 Å². The third kappa shape index (κ3) is 7.03. The van der Waals surface area contributed by atoms with Crippen LogP contribution in [0.5, 0.6) is 5.75 Å². The van der Waals surface area contributed by atoms with Gasteiger partial charge < -0.3 is 18.9 Å². The summed E-state index contributed by atoms with van der Waals surface area (Å²) >= 11 is 0. The Kier molecular flexibility index (Phi) is 9.64. The minimum Gasteiger partial charge on any atom is -0.497 e. The minimum atomic E-state index is -0.645. The molecule has 0 radical (unpaired) electrons. The van der Waals surface area contributed by atoms with Crippen LogP contribution < -0.4 is 4.74 Å². The van der Waals surface area contributed by atoms with E-state index in [0.29, 0.717) is 24.3 Å². The standard InChI is InChI=1S/C26H39NO7/c1-16(23(29)18-9-11-19(31-6)12-10-18)13-22(28)17(2)24(33-8)21-14-20(32-7)15-27(21)25(30)34-26(3,4)5/h9-12,16-17,20-21,24H,13-15H2,1-8H3/t16-,17-,20+,21-,24+/m0/s1. The molecule has 1 aliphatic heterocycles. The molecule has 1 heterocycles. The van der Waals surface area contributed by atoms with Crippen LogP contribution >= 0.6 is 0 Å². The highest BCUT2D eigenvalue weighted by Crippen LogP contribution is 2.30. The number of carbonyl (C=O) groups is 3. The van der Waals surface area contributed by atoms with Crippen molar-refractivity contribution >= 4 is 17.7 Å². The number of Topliss-reactive ketones (excluding diaryl/α,β-unsaturated/α-hetero) is 2. The quantitative estimate of drug-likeness (QED) is 0.468. The fourth-order valence-electron chi connectivity index (χ4n) is 4.34. The van der Waals surface area contributed by atoms with Crippen LogP contribution in [0.25, 0.3) is 0 Å². The Morgan fingerprint density at radius 3 is 2.18 bits per heavy atom. The lowest BCUT2D eigenvalue weighted by Gasteiger charge is -2.34. The third-order valence-corrected chi connectivity index (χ3v) is 6.25. The number of hydrogen-bond acceptors (Lipinski definition) is 7. The highest BCUT2D eigenvalue weighted by atomic mass is 16.6. The first-order chi connectivity index (χ1) is 15.9. The molecule has 2 rings (SSSR count). The number of methoxy groups -OCH3 is 3. The molecule has 0 aliphatic carbocycles. The van der Waals surface area contributed by atoms with E-state index in [0.717, 1.165) is 0 Å². The zero-order valence-corrected chi connectivity index (χ0v) is 21.6. The van der Waals surface area contributed by atoms with Gasteiger partial charge in [0.05, 0.1) is 31.9 Å². The Morgan fingerprint density at radius 1 is 1.06 bits per heavy atom. The van der Waals surface area contributed by atoms with E-state index in [1.54, 1.807) is 57.2 Å². The molecule has 0 aromatic heterocycles. The zero-order valence-electron chi connectivity index (χ0n) is 21.6. The summed E-state index contributed by atoms with van der Waals surface area (Å²) in [6.07, 6.45) is -0.566. The SMILES string of the molecule is COc1ccc(C(=O)[C@@H](C)CC(=O)[C@H](C)[C@@H](OC)[C@@H]2C[C@@H](OC)CN2C(=O)OC(C)(C)C)cc1. The van der Waals surface area contributed by atoms with Gasteiger partial charge >= 0.3 is 6.09 Å². The topological polar surface area (TPSA) is 91.4 Å². The Morgan fingerprint density at radius 2 is 1.68 bits per heavy atom. The molecule has 5 atom stereocenters. The molecule has 1 aromatic rings. The van der Waals surface area contributed by atoms with Gasteiger partial charge in [0.1, 0.15) is 17.1 Å². The van der Waals surface area contributed by atoms with E-state index < -0.39 is 29.6 Å². The Bertz CT molecular complexity index is 846. The van der Waals surface area contributed by atoms with Gasteiger partial charge in [-0.05, 0) is 51.5 Å². The number of amides is 1. The summed E-state index contributed by atoms with van der Waals surface area (Å²) in [6.45, 7) is 9.33. The van der Waals surface area contributed by atoms with Gasteiger partial charge in [-0.1, -0.05) is 13.8 Å². The molecule has 0 bridgehead atoms. The largest absolute Gasteiger partial charge is 0.497 e. The minimum absolute atomic E-state index is 0.0821. The van der Waals surface area contributed by atoms with Crippen molar-refractivity contribution in [2.45, 2.75) is 71.3 Å². The molecule has 0 saturated carbocycles. The smallest absolute Gasteiger partial charge is 0.410 e. The molecule has 34 heavy (non-hydrogen) atoms. The highest BCUT2D eigenvalue weighted by Gasteiger charge is 2.45. The number of hydrogen-bond donors (Lipinski definition) is 0. The summed E-state index contributed by atoms with van der Waals surface area (Å²) < 4.78 is 22.0. The van der Waals surface area contributed by atoms with Crippen molar-refractivity contribution in [3.05, 3.63) is 29.8 Å². The van der Waals surface area contributed by atoms with Crippen molar-refractivity contribution in [1.82, 2.24) is 4.90 Å². The molecule has 8 heteroatoms. The Labute approximate surface area is 202 Å². The summed E-state index contributed by atoms with van der Waals surface area (Å²) in [5, 5.41) is 0. The maximum atomic E-state index is 13.2. The predicted octanol–water partition coefficient (Wildman–Crippen LogP) is 4.15. The number of ether oxygens (including phenoxy) is 4. The van der Waals surface area contributed by atoms with Crippen molar-refractivity contribution in [2.75, 3.05) is 27.9 Å². The van der Waals surface area contributed by atoms with Gasteiger partial charge in [-0.2, -0.15) is 0 Å². The monoisotopic (exact) mass is 477 g/mol. The molecular formula is C26H39NO7. The van der Waals surface area contributed by atoms with Gasteiger partial charge in [-0.15, -0.1) is 0 Å². The van der Waals surface area contributed by atoms with E-state index in [-0.39, 0.29) is 30.1 Å². The van der Waals surface area contributed by atoms with E-state index in [4.69, 9.17) is 18.9 Å². The molecule has 0 unspecified atom stereocenters. The number of benzene rings is 1. The van der Waals surface area contributed by atoms with E-state index >= 15 is 0 Å². The Balaban J connectivity index is 2.12. The van der Waals surface area contributed by atoms with Crippen molar-refractivity contribution in [2.24, 2.45) is 11.8 Å². The van der Waals surface area contributed by atoms with Crippen molar-refractivity contribution in [1.29, 1.82) is 0 Å². The van der Waals surface area contributed by atoms with Crippen LogP contribution in [-0.2, 0) is 19.0 Å². The van der Waals surface area contributed by atoms with E-state index in [1.165, 1.54) is 7.11 Å². The van der Waals surface area contributed by atoms with E-state index in [1.807, 2.05) is 20.8 Å². The molecule has 1 aliphatic rings. The number of rotatable bonds is 10. The lowest BCUT2D eigenvalue weighted by atomic mass is 9.86. The molecule has 1 aromatic carbocycles. The molecule has 0 N–H and O–H groups in total. The number of likely N-dealkylation sites (tertiary alicyclic amines) is 1. The van der Waals surface area contributed by atoms with Crippen LogP contribution in [0.4, 0.5) is 4.79 Å². The Hall–Kier alpha value is -2.45. The fourth-order valence-corrected chi connectivity index (χ4v) is 4.34. The van der Waals surface area contributed by atoms with Crippen LogP contribution in [0.15, 0.2) is 24.3 Å². The number of ketones is 2. The second-order valence-corrected chi connectivity index (χ2v) is 9.95. The van der Waals surface area contributed by atoms with Gasteiger partial charge in [-0.25, -0.2) is 4.79 Å². The zero-order chi connectivity index (χ0) is 25.6. The second kappa shape index (κ2) is 11.8. The average molecular weight is 478 g/mol. The molecule has 1 fully saturated rings. The maximum Gasteiger partial charge on any atom is 0.410 e. The normalized spacial score (nSPS) is 21.0. The lowest BCUT2D eigenvalue weighted by Crippen LogP contribution is -2.49. The first kappa shape index (κ1) is 27.8. The summed E-state index contributed by atoms with van der Waals surface area (Å²) in [7, 11) is 4.70. The van der Waals surface area contributed by atoms with Gasteiger partial charge in [0, 0.05) is 38.0 Å². The molecule has 1 saturated heterocycles. The van der Waals surface area contributed by atoms with E-state index in [9.17, 15) is 14.4 Å². The maximum absolute atomic E-state index is 13.2. The van der Waals surface area contributed by atoms with Crippen molar-refractivity contribution < 1.29 is 33.3 Å². The van der Waals surface area contributed by atoms with Crippen LogP contribution in [0.2, 0.25) is 0 Å². The van der Waals surface area contributed by atoms with Crippen LogP contribution in [0.1, 0.15) is 57.8 Å². The van der Waals surface area contributed by atoms with Crippen LogP contribution in [0, 0.1) is 11.8 Å². The lowest BCUT2D eigenvalue weighted by molar-refractivity contribution is -0.129. The molecule has 1 amide bonds. The highest BCUT2D eigenvalue weighted by molar-refractivity contribution is 6.00. The predicted molar refractivity (Wildman–Crippen MR) is 128 cm³/mol. The molecular weight excluding hydrogens is 438 g/mol. The summed E-state index contributed by atoms with van der Waals surface area (Å²) in [5.41, 5.74) is -0.111. The number of carbonyl (C=O) groups excluding carboxylic acids is 3. The van der Waals surface area contributed by atoms with Gasteiger partial charge in [0.15, 0.2) is 5.78 Å². The van der Waals surface area contributed by atoms with Gasteiger partial charge in [0.2, 0.25) is 0 Å². The van der Waals surface area contributed by atoms with Crippen LogP contribution in [-0.4, -0.2) is 74.3 Å². The molecule has 0 spiro atoms. The van der Waals surface area contributed by atoms with Gasteiger partial charge in [0.25, 0.3) is 0 Å². The first-order valence-corrected chi connectivity index (χ1v) is 11.7. The summed E-state index contributed by atoms with van der Waals surface area (Å²) in [5.74, 6) is -0.545. The fraction of sp³-hybridized carbons (Fsp3) is 0.654. The van der Waals surface area contributed by atoms with Gasteiger partial charge in [-0.3, -0.25) is 14.5 Å². The van der Waals surface area contributed by atoms with E-state index in [2.05, 4.69) is 0 Å².